The number of hydrazone groups is 1. The molecule has 3 aromatic rings. The molecule has 2 N–H and O–H groups in total. The maximum atomic E-state index is 13.7. The van der Waals surface area contributed by atoms with Crippen molar-refractivity contribution in [2.45, 2.75) is 0 Å². The third-order valence-corrected chi connectivity index (χ3v) is 3.97. The number of amides is 1. The normalized spacial score (nSPS) is 10.6. The number of esters is 1. The fourth-order valence-electron chi connectivity index (χ4n) is 2.51. The van der Waals surface area contributed by atoms with Gasteiger partial charge in [0.15, 0.2) is 11.5 Å². The molecule has 0 heterocycles. The van der Waals surface area contributed by atoms with Crippen molar-refractivity contribution in [1.29, 1.82) is 0 Å². The van der Waals surface area contributed by atoms with E-state index in [1.165, 1.54) is 67.9 Å². The first-order chi connectivity index (χ1) is 14.5. The van der Waals surface area contributed by atoms with E-state index in [1.807, 2.05) is 0 Å². The molecule has 0 aliphatic heterocycles. The lowest BCUT2D eigenvalue weighted by Gasteiger charge is -2.10. The van der Waals surface area contributed by atoms with Crippen LogP contribution in [0.1, 0.15) is 26.3 Å². The smallest absolute Gasteiger partial charge is 0.346 e. The first-order valence-electron chi connectivity index (χ1n) is 8.75. The molecule has 8 heteroatoms. The zero-order chi connectivity index (χ0) is 21.5. The quantitative estimate of drug-likeness (QED) is 0.282. The van der Waals surface area contributed by atoms with Crippen LogP contribution in [0.5, 0.6) is 17.2 Å². The maximum absolute atomic E-state index is 13.7. The summed E-state index contributed by atoms with van der Waals surface area (Å²) in [7, 11) is 1.39. The second-order valence-electron chi connectivity index (χ2n) is 6.03. The van der Waals surface area contributed by atoms with Gasteiger partial charge in [0.05, 0.1) is 18.9 Å². The number of carbonyl (C=O) groups excluding carboxylic acids is 2. The number of benzene rings is 3. The number of nitrogens with zero attached hydrogens (tertiary/aromatic N) is 1. The Labute approximate surface area is 171 Å². The van der Waals surface area contributed by atoms with Crippen LogP contribution < -0.4 is 14.9 Å². The Bertz CT molecular complexity index is 1110. The first kappa shape index (κ1) is 20.5. The minimum absolute atomic E-state index is 0.0307. The third kappa shape index (κ3) is 4.99. The fourth-order valence-corrected chi connectivity index (χ4v) is 2.51. The molecule has 30 heavy (non-hydrogen) atoms. The lowest BCUT2D eigenvalue weighted by molar-refractivity contribution is 0.0724. The van der Waals surface area contributed by atoms with Crippen molar-refractivity contribution in [2.75, 3.05) is 7.11 Å². The molecule has 0 saturated carbocycles. The van der Waals surface area contributed by atoms with Crippen LogP contribution in [0, 0.1) is 5.82 Å². The molecule has 152 valence electrons. The molecule has 0 atom stereocenters. The SMILES string of the molecule is COc1cc(/C=N\NC(=O)c2cccc(O)c2)ccc1OC(=O)c1ccccc1F. The molecule has 0 spiro atoms. The fraction of sp³-hybridized carbons (Fsp3) is 0.0455. The van der Waals surface area contributed by atoms with Crippen LogP contribution >= 0.6 is 0 Å². The van der Waals surface area contributed by atoms with Gasteiger partial charge in [-0.1, -0.05) is 18.2 Å². The number of hydrogen-bond donors (Lipinski definition) is 2. The summed E-state index contributed by atoms with van der Waals surface area (Å²) in [4.78, 5) is 24.2. The van der Waals surface area contributed by atoms with E-state index in [-0.39, 0.29) is 28.4 Å². The molecular weight excluding hydrogens is 391 g/mol. The highest BCUT2D eigenvalue weighted by Crippen LogP contribution is 2.28. The Morgan fingerprint density at radius 2 is 1.83 bits per heavy atom. The van der Waals surface area contributed by atoms with Crippen LogP contribution in [0.3, 0.4) is 0 Å². The Hall–Kier alpha value is -4.20. The van der Waals surface area contributed by atoms with E-state index in [0.717, 1.165) is 0 Å². The molecule has 0 aromatic heterocycles. The number of aromatic hydroxyl groups is 1. The average molecular weight is 408 g/mol. The van der Waals surface area contributed by atoms with Gasteiger partial charge in [0.2, 0.25) is 0 Å². The van der Waals surface area contributed by atoms with E-state index in [0.29, 0.717) is 5.56 Å². The number of phenolic OH excluding ortho intramolecular Hbond substituents is 1. The number of hydrogen-bond acceptors (Lipinski definition) is 6. The summed E-state index contributed by atoms with van der Waals surface area (Å²) in [6.07, 6.45) is 1.37. The van der Waals surface area contributed by atoms with Gasteiger partial charge in [-0.15, -0.1) is 0 Å². The van der Waals surface area contributed by atoms with Crippen molar-refractivity contribution in [1.82, 2.24) is 5.43 Å². The predicted octanol–water partition coefficient (Wildman–Crippen LogP) is 3.52. The van der Waals surface area contributed by atoms with E-state index in [1.54, 1.807) is 12.1 Å². The Kier molecular flexibility index (Phi) is 6.39. The van der Waals surface area contributed by atoms with Gasteiger partial charge in [0.1, 0.15) is 11.6 Å². The number of rotatable bonds is 6. The monoisotopic (exact) mass is 408 g/mol. The number of nitrogens with one attached hydrogen (secondary N) is 1. The number of methoxy groups -OCH3 is 1. The van der Waals surface area contributed by atoms with Crippen molar-refractivity contribution >= 4 is 18.1 Å². The Morgan fingerprint density at radius 3 is 2.57 bits per heavy atom. The summed E-state index contributed by atoms with van der Waals surface area (Å²) in [5.74, 6) is -1.74. The summed E-state index contributed by atoms with van der Waals surface area (Å²) < 4.78 is 24.2. The van der Waals surface area contributed by atoms with Gasteiger partial charge in [-0.05, 0) is 54.1 Å². The molecule has 3 aromatic carbocycles. The molecule has 0 aliphatic rings. The summed E-state index contributed by atoms with van der Waals surface area (Å²) in [6, 6.07) is 15.9. The van der Waals surface area contributed by atoms with Crippen LogP contribution in [0.2, 0.25) is 0 Å². The lowest BCUT2D eigenvalue weighted by Crippen LogP contribution is -2.17. The summed E-state index contributed by atoms with van der Waals surface area (Å²) >= 11 is 0. The van der Waals surface area contributed by atoms with Gasteiger partial charge in [-0.2, -0.15) is 5.10 Å². The highest BCUT2D eigenvalue weighted by Gasteiger charge is 2.16. The molecule has 3 rings (SSSR count). The molecule has 1 amide bonds. The lowest BCUT2D eigenvalue weighted by atomic mass is 10.2. The highest BCUT2D eigenvalue weighted by molar-refractivity contribution is 5.95. The van der Waals surface area contributed by atoms with Gasteiger partial charge >= 0.3 is 5.97 Å². The van der Waals surface area contributed by atoms with Crippen molar-refractivity contribution < 1.29 is 28.6 Å². The zero-order valence-electron chi connectivity index (χ0n) is 15.8. The number of ether oxygens (including phenoxy) is 2. The Balaban J connectivity index is 1.69. The highest BCUT2D eigenvalue weighted by atomic mass is 19.1. The first-order valence-corrected chi connectivity index (χ1v) is 8.75. The van der Waals surface area contributed by atoms with E-state index >= 15 is 0 Å². The Morgan fingerprint density at radius 1 is 1.03 bits per heavy atom. The molecule has 0 fully saturated rings. The third-order valence-electron chi connectivity index (χ3n) is 3.97. The number of halogens is 1. The van der Waals surface area contributed by atoms with Crippen LogP contribution in [-0.2, 0) is 0 Å². The number of phenols is 1. The molecule has 0 aliphatic carbocycles. The maximum Gasteiger partial charge on any atom is 0.346 e. The second kappa shape index (κ2) is 9.33. The zero-order valence-corrected chi connectivity index (χ0v) is 15.8. The molecule has 0 unspecified atom stereocenters. The van der Waals surface area contributed by atoms with Gasteiger partial charge in [-0.3, -0.25) is 4.79 Å². The van der Waals surface area contributed by atoms with E-state index in [4.69, 9.17) is 9.47 Å². The topological polar surface area (TPSA) is 97.2 Å². The minimum Gasteiger partial charge on any atom is -0.508 e. The summed E-state index contributed by atoms with van der Waals surface area (Å²) in [6.45, 7) is 0. The van der Waals surface area contributed by atoms with E-state index in [9.17, 15) is 19.1 Å². The largest absolute Gasteiger partial charge is 0.508 e. The van der Waals surface area contributed by atoms with Crippen LogP contribution in [0.4, 0.5) is 4.39 Å². The molecule has 0 bridgehead atoms. The summed E-state index contributed by atoms with van der Waals surface area (Å²) in [5.41, 5.74) is 2.94. The molecule has 0 saturated heterocycles. The van der Waals surface area contributed by atoms with Gasteiger partial charge < -0.3 is 14.6 Å². The molecule has 0 radical (unpaired) electrons. The number of carbonyl (C=O) groups is 2. The average Bonchev–Trinajstić information content (AvgIpc) is 2.74. The van der Waals surface area contributed by atoms with Crippen molar-refractivity contribution in [2.24, 2.45) is 5.10 Å². The molecular formula is C22H17FN2O5. The summed E-state index contributed by atoms with van der Waals surface area (Å²) in [5, 5.41) is 13.3. The van der Waals surface area contributed by atoms with Crippen molar-refractivity contribution in [3.63, 3.8) is 0 Å². The van der Waals surface area contributed by atoms with Gasteiger partial charge in [0, 0.05) is 5.56 Å². The standard InChI is InChI=1S/C22H17FN2O5/c1-29-20-11-14(13-24-25-21(27)15-5-4-6-16(26)12-15)9-10-19(20)30-22(28)17-7-2-3-8-18(17)23/h2-13,26H,1H3,(H,25,27)/b24-13-. The molecule has 7 nitrogen and oxygen atoms in total. The van der Waals surface area contributed by atoms with E-state index < -0.39 is 17.7 Å². The van der Waals surface area contributed by atoms with Crippen molar-refractivity contribution in [3.8, 4) is 17.2 Å². The second-order valence-corrected chi connectivity index (χ2v) is 6.03. The van der Waals surface area contributed by atoms with Crippen LogP contribution in [-0.4, -0.2) is 30.3 Å². The van der Waals surface area contributed by atoms with Gasteiger partial charge in [0.25, 0.3) is 5.91 Å². The van der Waals surface area contributed by atoms with Crippen LogP contribution in [0.15, 0.2) is 71.8 Å². The van der Waals surface area contributed by atoms with E-state index in [2.05, 4.69) is 10.5 Å². The van der Waals surface area contributed by atoms with Crippen molar-refractivity contribution in [3.05, 3.63) is 89.2 Å². The van der Waals surface area contributed by atoms with Gasteiger partial charge in [-0.25, -0.2) is 14.6 Å². The van der Waals surface area contributed by atoms with Crippen LogP contribution in [0.25, 0.3) is 0 Å². The predicted molar refractivity (Wildman–Crippen MR) is 108 cm³/mol. The minimum atomic E-state index is -0.855.